The van der Waals surface area contributed by atoms with Gasteiger partial charge in [-0.15, -0.1) is 0 Å². The number of anilines is 1. The molecule has 0 spiro atoms. The number of nitrogens with two attached hydrogens (primary N) is 1. The van der Waals surface area contributed by atoms with E-state index < -0.39 is 0 Å². The van der Waals surface area contributed by atoms with Crippen molar-refractivity contribution in [3.05, 3.63) is 108 Å². The molecule has 5 rings (SSSR count). The van der Waals surface area contributed by atoms with Crippen LogP contribution in [0.4, 0.5) is 5.82 Å². The average molecular weight is 407 g/mol. The Bertz CT molecular complexity index is 1320. The minimum Gasteiger partial charge on any atom is -0.488 e. The van der Waals surface area contributed by atoms with Gasteiger partial charge in [-0.2, -0.15) is 0 Å². The average Bonchev–Trinajstić information content (AvgIpc) is 3.27. The lowest BCUT2D eigenvalue weighted by atomic mass is 10.1. The van der Waals surface area contributed by atoms with Gasteiger partial charge in [-0.3, -0.25) is 0 Å². The third kappa shape index (κ3) is 4.12. The number of benzene rings is 3. The monoisotopic (exact) mass is 407 g/mol. The minimum atomic E-state index is 0.431. The highest BCUT2D eigenvalue weighted by molar-refractivity contribution is 5.88. The van der Waals surface area contributed by atoms with Gasteiger partial charge in [0, 0.05) is 24.1 Å². The van der Waals surface area contributed by atoms with Gasteiger partial charge in [0.15, 0.2) is 5.76 Å². The predicted octanol–water partition coefficient (Wildman–Crippen LogP) is 5.64. The maximum Gasteiger partial charge on any atom is 0.170 e. The quantitative estimate of drug-likeness (QED) is 0.394. The first kappa shape index (κ1) is 18.9. The molecule has 0 atom stereocenters. The Balaban J connectivity index is 1.25. The molecule has 0 aliphatic heterocycles. The van der Waals surface area contributed by atoms with E-state index in [1.807, 2.05) is 42.5 Å². The van der Waals surface area contributed by atoms with Gasteiger partial charge in [0.25, 0.3) is 0 Å². The van der Waals surface area contributed by atoms with Crippen molar-refractivity contribution in [1.82, 2.24) is 10.1 Å². The Hall–Kier alpha value is -4.12. The molecule has 2 heterocycles. The van der Waals surface area contributed by atoms with Crippen molar-refractivity contribution < 1.29 is 9.26 Å². The van der Waals surface area contributed by atoms with E-state index in [1.54, 1.807) is 6.20 Å². The highest BCUT2D eigenvalue weighted by Crippen LogP contribution is 2.27. The highest BCUT2D eigenvalue weighted by Gasteiger charge is 2.11. The maximum atomic E-state index is 6.08. The first-order valence-electron chi connectivity index (χ1n) is 10.1. The molecule has 3 aromatic carbocycles. The molecule has 5 nitrogen and oxygen atoms in total. The third-order valence-corrected chi connectivity index (χ3v) is 5.22. The fraction of sp³-hybridized carbons (Fsp3) is 0.0769. The van der Waals surface area contributed by atoms with Crippen LogP contribution < -0.4 is 10.5 Å². The Morgan fingerprint density at radius 1 is 0.839 bits per heavy atom. The standard InChI is InChI=1S/C26H21N3O2/c27-26-23(8-4-14-28-26)25-16-21(29-31-25)15-18-10-12-19(13-11-18)17-30-24-9-3-6-20-5-1-2-7-22(20)24/h1-14,16H,15,17H2,(H2,27,28). The summed E-state index contributed by atoms with van der Waals surface area (Å²) in [5.74, 6) is 1.95. The number of ether oxygens (including phenoxy) is 1. The fourth-order valence-corrected chi connectivity index (χ4v) is 3.59. The molecule has 31 heavy (non-hydrogen) atoms. The summed E-state index contributed by atoms with van der Waals surface area (Å²) in [7, 11) is 0. The number of nitrogens with zero attached hydrogens (tertiary/aromatic N) is 2. The highest BCUT2D eigenvalue weighted by atomic mass is 16.5. The van der Waals surface area contributed by atoms with Crippen LogP contribution in [0.25, 0.3) is 22.1 Å². The third-order valence-electron chi connectivity index (χ3n) is 5.22. The zero-order valence-corrected chi connectivity index (χ0v) is 16.9. The van der Waals surface area contributed by atoms with Gasteiger partial charge >= 0.3 is 0 Å². The fourth-order valence-electron chi connectivity index (χ4n) is 3.59. The molecule has 0 fully saturated rings. The van der Waals surface area contributed by atoms with E-state index in [0.717, 1.165) is 33.5 Å². The molecule has 5 aromatic rings. The number of pyridine rings is 1. The SMILES string of the molecule is Nc1ncccc1-c1cc(Cc2ccc(COc3cccc4ccccc34)cc2)no1. The molecule has 0 bridgehead atoms. The van der Waals surface area contributed by atoms with Crippen molar-refractivity contribution >= 4 is 16.6 Å². The van der Waals surface area contributed by atoms with E-state index >= 15 is 0 Å². The molecule has 2 N–H and O–H groups in total. The summed E-state index contributed by atoms with van der Waals surface area (Å²) in [4.78, 5) is 4.09. The first-order chi connectivity index (χ1) is 15.3. The molecule has 2 aromatic heterocycles. The zero-order valence-electron chi connectivity index (χ0n) is 16.9. The first-order valence-corrected chi connectivity index (χ1v) is 10.1. The lowest BCUT2D eigenvalue weighted by Crippen LogP contribution is -1.97. The van der Waals surface area contributed by atoms with E-state index in [9.17, 15) is 0 Å². The van der Waals surface area contributed by atoms with E-state index in [-0.39, 0.29) is 0 Å². The van der Waals surface area contributed by atoms with E-state index in [0.29, 0.717) is 24.6 Å². The lowest BCUT2D eigenvalue weighted by molar-refractivity contribution is 0.310. The van der Waals surface area contributed by atoms with Crippen molar-refractivity contribution in [1.29, 1.82) is 0 Å². The van der Waals surface area contributed by atoms with Crippen molar-refractivity contribution in [3.63, 3.8) is 0 Å². The van der Waals surface area contributed by atoms with Crippen LogP contribution in [0.3, 0.4) is 0 Å². The van der Waals surface area contributed by atoms with Gasteiger partial charge in [-0.05, 0) is 34.7 Å². The summed E-state index contributed by atoms with van der Waals surface area (Å²) in [5.41, 5.74) is 9.78. The molecule has 0 aliphatic carbocycles. The second-order valence-electron chi connectivity index (χ2n) is 7.38. The van der Waals surface area contributed by atoms with Gasteiger partial charge in [-0.1, -0.05) is 65.8 Å². The number of hydrogen-bond donors (Lipinski definition) is 1. The van der Waals surface area contributed by atoms with E-state index in [2.05, 4.69) is 52.6 Å². The Morgan fingerprint density at radius 2 is 1.65 bits per heavy atom. The van der Waals surface area contributed by atoms with Gasteiger partial charge in [0.2, 0.25) is 0 Å². The molecule has 0 saturated heterocycles. The molecule has 0 amide bonds. The molecule has 5 heteroatoms. The van der Waals surface area contributed by atoms with Crippen LogP contribution in [0.15, 0.2) is 95.6 Å². The van der Waals surface area contributed by atoms with Gasteiger partial charge in [0.1, 0.15) is 18.2 Å². The summed E-state index contributed by atoms with van der Waals surface area (Å²) in [6, 6.07) is 28.3. The van der Waals surface area contributed by atoms with Gasteiger partial charge in [-0.25, -0.2) is 4.98 Å². The van der Waals surface area contributed by atoms with Crippen molar-refractivity contribution in [2.75, 3.05) is 5.73 Å². The summed E-state index contributed by atoms with van der Waals surface area (Å²) in [6.45, 7) is 0.517. The second-order valence-corrected chi connectivity index (χ2v) is 7.38. The van der Waals surface area contributed by atoms with Crippen molar-refractivity contribution in [2.24, 2.45) is 0 Å². The number of aromatic nitrogens is 2. The normalized spacial score (nSPS) is 11.0. The predicted molar refractivity (Wildman–Crippen MR) is 122 cm³/mol. The molecule has 0 aliphatic rings. The molecular formula is C26H21N3O2. The second kappa shape index (κ2) is 8.32. The van der Waals surface area contributed by atoms with Crippen LogP contribution in [0, 0.1) is 0 Å². The summed E-state index contributed by atoms with van der Waals surface area (Å²) in [5, 5.41) is 6.47. The van der Waals surface area contributed by atoms with Gasteiger partial charge < -0.3 is 15.0 Å². The molecule has 152 valence electrons. The Morgan fingerprint density at radius 3 is 2.52 bits per heavy atom. The number of nitrogen functional groups attached to an aromatic ring is 1. The van der Waals surface area contributed by atoms with Crippen LogP contribution in [-0.4, -0.2) is 10.1 Å². The largest absolute Gasteiger partial charge is 0.488 e. The minimum absolute atomic E-state index is 0.431. The molecule has 0 unspecified atom stereocenters. The summed E-state index contributed by atoms with van der Waals surface area (Å²) in [6.07, 6.45) is 2.33. The molecular weight excluding hydrogens is 386 g/mol. The summed E-state index contributed by atoms with van der Waals surface area (Å²) >= 11 is 0. The van der Waals surface area contributed by atoms with Crippen molar-refractivity contribution in [2.45, 2.75) is 13.0 Å². The Kier molecular flexibility index (Phi) is 5.07. The van der Waals surface area contributed by atoms with Crippen LogP contribution in [-0.2, 0) is 13.0 Å². The summed E-state index contributed by atoms with van der Waals surface area (Å²) < 4.78 is 11.5. The zero-order chi connectivity index (χ0) is 21.0. The van der Waals surface area contributed by atoms with E-state index in [1.165, 1.54) is 5.39 Å². The number of rotatable bonds is 6. The molecule has 0 radical (unpaired) electrons. The molecule has 0 saturated carbocycles. The van der Waals surface area contributed by atoms with Crippen molar-refractivity contribution in [3.8, 4) is 17.1 Å². The van der Waals surface area contributed by atoms with Crippen LogP contribution in [0.5, 0.6) is 5.75 Å². The van der Waals surface area contributed by atoms with Crippen LogP contribution in [0.1, 0.15) is 16.8 Å². The smallest absolute Gasteiger partial charge is 0.170 e. The maximum absolute atomic E-state index is 6.08. The number of hydrogen-bond acceptors (Lipinski definition) is 5. The lowest BCUT2D eigenvalue weighted by Gasteiger charge is -2.10. The van der Waals surface area contributed by atoms with E-state index in [4.69, 9.17) is 15.0 Å². The Labute approximate surface area is 180 Å². The number of fused-ring (bicyclic) bond motifs is 1. The van der Waals surface area contributed by atoms with Crippen LogP contribution >= 0.6 is 0 Å². The topological polar surface area (TPSA) is 74.2 Å². The van der Waals surface area contributed by atoms with Crippen LogP contribution in [0.2, 0.25) is 0 Å². The van der Waals surface area contributed by atoms with Gasteiger partial charge in [0.05, 0.1) is 11.3 Å².